The van der Waals surface area contributed by atoms with Crippen molar-refractivity contribution in [3.63, 3.8) is 0 Å². The summed E-state index contributed by atoms with van der Waals surface area (Å²) in [6, 6.07) is 0. The normalized spacial score (nSPS) is 27.6. The first-order valence-electron chi connectivity index (χ1n) is 5.46. The van der Waals surface area contributed by atoms with Crippen LogP contribution in [-0.4, -0.2) is 40.8 Å². The van der Waals surface area contributed by atoms with Gasteiger partial charge in [0.2, 0.25) is 0 Å². The minimum atomic E-state index is 0.335. The van der Waals surface area contributed by atoms with Crippen LogP contribution in [0.3, 0.4) is 0 Å². The lowest BCUT2D eigenvalue weighted by Crippen LogP contribution is -2.45. The highest BCUT2D eigenvalue weighted by molar-refractivity contribution is 8.00. The van der Waals surface area contributed by atoms with Crippen molar-refractivity contribution in [1.82, 2.24) is 4.90 Å². The van der Waals surface area contributed by atoms with E-state index in [9.17, 15) is 4.79 Å². The monoisotopic (exact) mass is 213 g/mol. The van der Waals surface area contributed by atoms with Gasteiger partial charge in [0.15, 0.2) is 0 Å². The number of rotatable bonds is 3. The first-order valence-corrected chi connectivity index (χ1v) is 6.44. The fraction of sp³-hybridized carbons (Fsp3) is 0.909. The highest BCUT2D eigenvalue weighted by atomic mass is 32.2. The second-order valence-corrected chi connectivity index (χ2v) is 6.86. The quantitative estimate of drug-likeness (QED) is 0.713. The Morgan fingerprint density at radius 1 is 1.50 bits per heavy atom. The fourth-order valence-corrected chi connectivity index (χ4v) is 3.18. The zero-order chi connectivity index (χ0) is 10.2. The molecule has 0 unspecified atom stereocenters. The van der Waals surface area contributed by atoms with Crippen molar-refractivity contribution < 1.29 is 4.79 Å². The molecule has 1 aliphatic carbocycles. The molecule has 0 spiro atoms. The lowest BCUT2D eigenvalue weighted by Gasteiger charge is -2.37. The molecule has 0 bridgehead atoms. The molecule has 0 amide bonds. The third-order valence-corrected chi connectivity index (χ3v) is 4.21. The number of Topliss-reactive ketones (excluding diaryl/α,β-unsaturated/α-hetero) is 1. The Balaban J connectivity index is 1.82. The van der Waals surface area contributed by atoms with Crippen molar-refractivity contribution in [3.05, 3.63) is 0 Å². The molecule has 1 saturated heterocycles. The van der Waals surface area contributed by atoms with E-state index in [1.807, 2.05) is 11.8 Å². The van der Waals surface area contributed by atoms with Crippen molar-refractivity contribution in [2.24, 2.45) is 5.92 Å². The van der Waals surface area contributed by atoms with Crippen LogP contribution in [0.25, 0.3) is 0 Å². The van der Waals surface area contributed by atoms with Gasteiger partial charge >= 0.3 is 0 Å². The molecule has 0 radical (unpaired) electrons. The number of nitrogens with zero attached hydrogens (tertiary/aromatic N) is 1. The highest BCUT2D eigenvalue weighted by Crippen LogP contribution is 2.32. The number of carbonyl (C=O) groups is 1. The van der Waals surface area contributed by atoms with E-state index in [1.165, 1.54) is 5.75 Å². The van der Waals surface area contributed by atoms with E-state index in [2.05, 4.69) is 18.7 Å². The lowest BCUT2D eigenvalue weighted by molar-refractivity contribution is -0.121. The fourth-order valence-electron chi connectivity index (χ4n) is 2.00. The summed E-state index contributed by atoms with van der Waals surface area (Å²) in [5.74, 6) is 2.07. The van der Waals surface area contributed by atoms with Crippen LogP contribution in [0, 0.1) is 5.92 Å². The van der Waals surface area contributed by atoms with Gasteiger partial charge in [0.05, 0.1) is 6.54 Å². The van der Waals surface area contributed by atoms with Gasteiger partial charge in [0, 0.05) is 29.5 Å². The molecular weight excluding hydrogens is 194 g/mol. The van der Waals surface area contributed by atoms with Crippen LogP contribution in [0.2, 0.25) is 0 Å². The van der Waals surface area contributed by atoms with Gasteiger partial charge < -0.3 is 0 Å². The van der Waals surface area contributed by atoms with Crippen LogP contribution in [0.4, 0.5) is 0 Å². The molecule has 80 valence electrons. The smallest absolute Gasteiger partial charge is 0.149 e. The van der Waals surface area contributed by atoms with E-state index in [-0.39, 0.29) is 0 Å². The molecule has 0 N–H and O–H groups in total. The van der Waals surface area contributed by atoms with Crippen LogP contribution in [0.15, 0.2) is 0 Å². The molecule has 14 heavy (non-hydrogen) atoms. The Morgan fingerprint density at radius 3 is 2.79 bits per heavy atom. The Hall–Kier alpha value is -0.0200. The number of carbonyl (C=O) groups excluding carboxylic acids is 1. The Morgan fingerprint density at radius 2 is 2.21 bits per heavy atom. The molecule has 2 fully saturated rings. The average Bonchev–Trinajstić information content (AvgIpc) is 2.83. The molecular formula is C11H19NOS. The molecule has 2 nitrogen and oxygen atoms in total. The van der Waals surface area contributed by atoms with E-state index in [1.54, 1.807) is 0 Å². The maximum absolute atomic E-state index is 11.6. The van der Waals surface area contributed by atoms with Crippen LogP contribution < -0.4 is 0 Å². The van der Waals surface area contributed by atoms with Crippen LogP contribution in [0.1, 0.15) is 26.7 Å². The van der Waals surface area contributed by atoms with Gasteiger partial charge in [-0.3, -0.25) is 9.69 Å². The van der Waals surface area contributed by atoms with Gasteiger partial charge in [-0.1, -0.05) is 0 Å². The maximum atomic E-state index is 11.6. The first kappa shape index (κ1) is 10.5. The second-order valence-electron chi connectivity index (χ2n) is 5.06. The molecule has 1 aliphatic heterocycles. The van der Waals surface area contributed by atoms with Gasteiger partial charge in [-0.2, -0.15) is 11.8 Å². The first-order chi connectivity index (χ1) is 6.57. The van der Waals surface area contributed by atoms with Crippen molar-refractivity contribution in [2.75, 3.05) is 25.4 Å². The molecule has 3 heteroatoms. The van der Waals surface area contributed by atoms with Gasteiger partial charge in [-0.15, -0.1) is 0 Å². The third-order valence-electron chi connectivity index (χ3n) is 2.92. The highest BCUT2D eigenvalue weighted by Gasteiger charge is 2.33. The standard InChI is InChI=1S/C11H19NOS/c1-11(2)8-12(5-6-14-11)7-10(13)9-3-4-9/h9H,3-8H2,1-2H3. The molecule has 0 aromatic rings. The predicted molar refractivity (Wildman–Crippen MR) is 60.7 cm³/mol. The Kier molecular flexibility index (Phi) is 2.89. The second kappa shape index (κ2) is 3.86. The van der Waals surface area contributed by atoms with E-state index < -0.39 is 0 Å². The summed E-state index contributed by atoms with van der Waals surface area (Å²) in [5, 5.41) is 0. The summed E-state index contributed by atoms with van der Waals surface area (Å²) in [6.45, 7) is 7.40. The molecule has 1 heterocycles. The molecule has 2 rings (SSSR count). The summed E-state index contributed by atoms with van der Waals surface area (Å²) in [7, 11) is 0. The summed E-state index contributed by atoms with van der Waals surface area (Å²) in [6.07, 6.45) is 2.29. The van der Waals surface area contributed by atoms with Crippen molar-refractivity contribution in [1.29, 1.82) is 0 Å². The molecule has 0 aromatic heterocycles. The number of hydrogen-bond acceptors (Lipinski definition) is 3. The van der Waals surface area contributed by atoms with E-state index in [0.717, 1.165) is 25.9 Å². The van der Waals surface area contributed by atoms with Crippen molar-refractivity contribution in [3.8, 4) is 0 Å². The predicted octanol–water partition coefficient (Wildman–Crippen LogP) is 1.79. The summed E-state index contributed by atoms with van der Waals surface area (Å²) in [4.78, 5) is 14.0. The molecule has 1 saturated carbocycles. The largest absolute Gasteiger partial charge is 0.298 e. The van der Waals surface area contributed by atoms with Gasteiger partial charge in [-0.05, 0) is 26.7 Å². The Labute approximate surface area is 90.4 Å². The zero-order valence-corrected chi connectivity index (χ0v) is 9.90. The van der Waals surface area contributed by atoms with Crippen LogP contribution in [0.5, 0.6) is 0 Å². The minimum Gasteiger partial charge on any atom is -0.298 e. The topological polar surface area (TPSA) is 20.3 Å². The molecule has 0 atom stereocenters. The van der Waals surface area contributed by atoms with Gasteiger partial charge in [-0.25, -0.2) is 0 Å². The molecule has 2 aliphatic rings. The average molecular weight is 213 g/mol. The van der Waals surface area contributed by atoms with Gasteiger partial charge in [0.25, 0.3) is 0 Å². The summed E-state index contributed by atoms with van der Waals surface area (Å²) in [5.41, 5.74) is 0. The van der Waals surface area contributed by atoms with E-state index in [4.69, 9.17) is 0 Å². The number of ketones is 1. The summed E-state index contributed by atoms with van der Waals surface area (Å²) >= 11 is 2.02. The Bertz CT molecular complexity index is 235. The SMILES string of the molecule is CC1(C)CN(CC(=O)C2CC2)CCS1. The minimum absolute atomic E-state index is 0.335. The lowest BCUT2D eigenvalue weighted by atomic mass is 10.1. The summed E-state index contributed by atoms with van der Waals surface area (Å²) < 4.78 is 0.335. The number of hydrogen-bond donors (Lipinski definition) is 0. The maximum Gasteiger partial charge on any atom is 0.149 e. The van der Waals surface area contributed by atoms with Crippen molar-refractivity contribution >= 4 is 17.5 Å². The van der Waals surface area contributed by atoms with Crippen LogP contribution in [-0.2, 0) is 4.79 Å². The zero-order valence-electron chi connectivity index (χ0n) is 9.08. The third kappa shape index (κ3) is 2.74. The number of thioether (sulfide) groups is 1. The van der Waals surface area contributed by atoms with E-state index >= 15 is 0 Å². The van der Waals surface area contributed by atoms with Crippen LogP contribution >= 0.6 is 11.8 Å². The van der Waals surface area contributed by atoms with E-state index in [0.29, 0.717) is 23.0 Å². The van der Waals surface area contributed by atoms with Gasteiger partial charge in [0.1, 0.15) is 5.78 Å². The van der Waals surface area contributed by atoms with Crippen molar-refractivity contribution in [2.45, 2.75) is 31.4 Å². The molecule has 0 aromatic carbocycles.